The molecule has 1 aromatic rings. The van der Waals surface area contributed by atoms with Crippen LogP contribution in [0.2, 0.25) is 0 Å². The summed E-state index contributed by atoms with van der Waals surface area (Å²) in [6.45, 7) is 3.10. The lowest BCUT2D eigenvalue weighted by molar-refractivity contribution is -0.788. The molecule has 34 heavy (non-hydrogen) atoms. The van der Waals surface area contributed by atoms with E-state index in [1.54, 1.807) is 12.4 Å². The third-order valence-electron chi connectivity index (χ3n) is 3.13. The Bertz CT molecular complexity index is 756. The minimum atomic E-state index is -1.08. The number of nitrogens with zero attached hydrogens (tertiary/aromatic N) is 5. The van der Waals surface area contributed by atoms with Crippen LogP contribution < -0.4 is 0 Å². The average Bonchev–Trinajstić information content (AvgIpc) is 3.12. The molecule has 0 spiro atoms. The van der Waals surface area contributed by atoms with Crippen LogP contribution in [0, 0.1) is 53.3 Å². The van der Waals surface area contributed by atoms with Crippen molar-refractivity contribution in [3.63, 3.8) is 0 Å². The summed E-state index contributed by atoms with van der Waals surface area (Å²) in [7, 11) is 2.47. The second-order valence-electron chi connectivity index (χ2n) is 5.83. The van der Waals surface area contributed by atoms with Gasteiger partial charge in [-0.15, -0.1) is 51.8 Å². The summed E-state index contributed by atoms with van der Waals surface area (Å²) in [5.41, 5.74) is 2.64. The van der Waals surface area contributed by atoms with Gasteiger partial charge in [-0.05, 0) is 12.8 Å². The van der Waals surface area contributed by atoms with Gasteiger partial charge in [0.15, 0.2) is 0 Å². The second-order valence-corrected chi connectivity index (χ2v) is 9.32. The minimum Gasteiger partial charge on any atom is -0.314 e. The molecule has 2 atom stereocenters. The van der Waals surface area contributed by atoms with Gasteiger partial charge in [-0.2, -0.15) is 0 Å². The summed E-state index contributed by atoms with van der Waals surface area (Å²) in [5, 5.41) is 36.2. The molecule has 1 aromatic heterocycles. The summed E-state index contributed by atoms with van der Waals surface area (Å²) in [6.07, 6.45) is -0.523. The van der Waals surface area contributed by atoms with E-state index in [9.17, 15) is 40.5 Å². The number of thiazole rings is 1. The molecule has 0 radical (unpaired) electrons. The van der Waals surface area contributed by atoms with Crippen LogP contribution in [0.15, 0.2) is 5.51 Å². The number of hydrogen-bond acceptors (Lipinski definition) is 16. The second kappa shape index (κ2) is 19.6. The minimum absolute atomic E-state index is 0. The van der Waals surface area contributed by atoms with Crippen LogP contribution >= 0.6 is 32.9 Å². The van der Waals surface area contributed by atoms with Gasteiger partial charge in [0.2, 0.25) is 0 Å². The molecule has 0 aliphatic rings. The molecule has 0 N–H and O–H groups in total. The molecule has 0 aromatic carbocycles. The van der Waals surface area contributed by atoms with Gasteiger partial charge in [0.25, 0.3) is 20.3 Å². The zero-order valence-electron chi connectivity index (χ0n) is 17.3. The Morgan fingerprint density at radius 3 is 2.00 bits per heavy atom. The third-order valence-corrected chi connectivity index (χ3v) is 6.82. The zero-order chi connectivity index (χ0) is 25.2. The van der Waals surface area contributed by atoms with Crippen LogP contribution in [0.1, 0.15) is 24.9 Å². The Hall–Kier alpha value is -2.87. The van der Waals surface area contributed by atoms with E-state index in [0.29, 0.717) is 12.2 Å². The Morgan fingerprint density at radius 1 is 0.941 bits per heavy atom. The Balaban J connectivity index is 0. The van der Waals surface area contributed by atoms with E-state index in [-0.39, 0.29) is 32.3 Å². The predicted octanol–water partition coefficient (Wildman–Crippen LogP) is 2.84. The smallest absolute Gasteiger partial charge is 0.294 e. The average molecular weight is 552 g/mol. The molecule has 0 aliphatic carbocycles. The number of aryl methyl sites for hydroxylation is 1. The number of rotatable bonds is 17. The van der Waals surface area contributed by atoms with E-state index in [4.69, 9.17) is 0 Å². The van der Waals surface area contributed by atoms with E-state index in [0.717, 1.165) is 10.6 Å². The maximum absolute atomic E-state index is 10.2. The lowest BCUT2D eigenvalue weighted by Gasteiger charge is -2.13. The third kappa shape index (κ3) is 19.8. The molecule has 0 fully saturated rings. The van der Waals surface area contributed by atoms with Gasteiger partial charge in [0, 0.05) is 22.8 Å². The van der Waals surface area contributed by atoms with Crippen LogP contribution in [0.4, 0.5) is 0 Å². The molecule has 20 heteroatoms. The number of aromatic nitrogens is 1. The first kappa shape index (κ1) is 33.3. The normalized spacial score (nSPS) is 11.5. The van der Waals surface area contributed by atoms with Crippen molar-refractivity contribution in [2.75, 3.05) is 31.3 Å². The SMILES string of the molecule is C.CC(CO[N+](=O)[O-])CSSCC(CO[N+](=O)[O-])O[N+](=O)[O-].Cc1ncsc1CCO[N+](=O)[O-]. The lowest BCUT2D eigenvalue weighted by atomic mass is 10.2. The zero-order valence-corrected chi connectivity index (χ0v) is 19.8. The standard InChI is InChI=1S/C7H13N3O9S2.C6H8N2O3S.CH4/c1-6(2-17-8(11)12)4-20-21-5-7(19-10(15)16)3-18-9(13)14;1-5-6(12-4-7-5)2-3-11-8(9)10;/h6-7H,2-5H2,1H3;4H,2-3H2,1H3;1H4. The first-order valence-electron chi connectivity index (χ1n) is 8.77. The fourth-order valence-electron chi connectivity index (χ4n) is 1.68. The quantitative estimate of drug-likeness (QED) is 0.117. The van der Waals surface area contributed by atoms with Gasteiger partial charge in [-0.1, -0.05) is 35.9 Å². The molecule has 1 heterocycles. The van der Waals surface area contributed by atoms with Gasteiger partial charge in [-0.25, -0.2) is 4.98 Å². The fourth-order valence-corrected chi connectivity index (χ4v) is 5.00. The van der Waals surface area contributed by atoms with Crippen LogP contribution in [-0.4, -0.2) is 62.8 Å². The highest BCUT2D eigenvalue weighted by atomic mass is 33.1. The fraction of sp³-hybridized carbons (Fsp3) is 0.786. The molecular formula is C14H25N5O12S3. The summed E-state index contributed by atoms with van der Waals surface area (Å²) in [4.78, 5) is 61.6. The molecule has 0 aliphatic heterocycles. The van der Waals surface area contributed by atoms with Crippen molar-refractivity contribution in [3.8, 4) is 0 Å². The molecule has 0 amide bonds. The van der Waals surface area contributed by atoms with E-state index in [1.165, 1.54) is 32.9 Å². The van der Waals surface area contributed by atoms with Gasteiger partial charge in [0.1, 0.15) is 19.3 Å². The summed E-state index contributed by atoms with van der Waals surface area (Å²) in [6, 6.07) is 0. The van der Waals surface area contributed by atoms with Crippen molar-refractivity contribution in [1.82, 2.24) is 4.98 Å². The van der Waals surface area contributed by atoms with Crippen molar-refractivity contribution in [2.24, 2.45) is 5.92 Å². The van der Waals surface area contributed by atoms with Crippen molar-refractivity contribution < 1.29 is 39.7 Å². The first-order valence-corrected chi connectivity index (χ1v) is 12.1. The molecule has 17 nitrogen and oxygen atoms in total. The van der Waals surface area contributed by atoms with Crippen molar-refractivity contribution >= 4 is 32.9 Å². The van der Waals surface area contributed by atoms with Crippen LogP contribution in [-0.2, 0) is 25.8 Å². The Morgan fingerprint density at radius 2 is 1.50 bits per heavy atom. The summed E-state index contributed by atoms with van der Waals surface area (Å²) < 4.78 is 0. The molecule has 0 bridgehead atoms. The molecule has 0 saturated carbocycles. The van der Waals surface area contributed by atoms with Gasteiger partial charge in [0.05, 0.1) is 17.8 Å². The largest absolute Gasteiger partial charge is 0.314 e. The highest BCUT2D eigenvalue weighted by molar-refractivity contribution is 8.76. The van der Waals surface area contributed by atoms with Gasteiger partial charge >= 0.3 is 0 Å². The molecule has 196 valence electrons. The van der Waals surface area contributed by atoms with E-state index in [2.05, 4.69) is 24.3 Å². The molecule has 0 saturated heterocycles. The van der Waals surface area contributed by atoms with Crippen LogP contribution in [0.25, 0.3) is 0 Å². The summed E-state index contributed by atoms with van der Waals surface area (Å²) >= 11 is 1.49. The molecular weight excluding hydrogens is 526 g/mol. The maximum Gasteiger partial charge on any atom is 0.294 e. The van der Waals surface area contributed by atoms with Crippen LogP contribution in [0.3, 0.4) is 0 Å². The monoisotopic (exact) mass is 551 g/mol. The maximum atomic E-state index is 10.2. The number of hydrogen-bond donors (Lipinski definition) is 0. The Kier molecular flexibility index (Phi) is 19.2. The molecule has 2 unspecified atom stereocenters. The van der Waals surface area contributed by atoms with Crippen LogP contribution in [0.5, 0.6) is 0 Å². The van der Waals surface area contributed by atoms with Crippen molar-refractivity contribution in [2.45, 2.75) is 33.8 Å². The van der Waals surface area contributed by atoms with E-state index in [1.807, 2.05) is 6.92 Å². The van der Waals surface area contributed by atoms with Crippen molar-refractivity contribution in [3.05, 3.63) is 56.5 Å². The Labute approximate surface area is 205 Å². The highest BCUT2D eigenvalue weighted by Crippen LogP contribution is 2.25. The first-order chi connectivity index (χ1) is 15.5. The van der Waals surface area contributed by atoms with Crippen molar-refractivity contribution in [1.29, 1.82) is 0 Å². The lowest BCUT2D eigenvalue weighted by Crippen LogP contribution is -2.26. The highest BCUT2D eigenvalue weighted by Gasteiger charge is 2.16. The van der Waals surface area contributed by atoms with E-state index < -0.39 is 33.1 Å². The topological polar surface area (TPSA) is 222 Å². The van der Waals surface area contributed by atoms with E-state index >= 15 is 0 Å². The molecule has 1 rings (SSSR count). The van der Waals surface area contributed by atoms with Gasteiger partial charge in [-0.3, -0.25) is 0 Å². The van der Waals surface area contributed by atoms with Gasteiger partial charge < -0.3 is 19.4 Å². The summed E-state index contributed by atoms with van der Waals surface area (Å²) in [5.74, 6) is 0.486. The predicted molar refractivity (Wildman–Crippen MR) is 122 cm³/mol.